The molecule has 0 spiro atoms. The largest absolute Gasteiger partial charge is 0.481 e. The fourth-order valence-corrected chi connectivity index (χ4v) is 2.16. The van der Waals surface area contributed by atoms with E-state index in [1.807, 2.05) is 56.3 Å². The zero-order valence-electron chi connectivity index (χ0n) is 12.3. The molecule has 1 unspecified atom stereocenters. The van der Waals surface area contributed by atoms with Gasteiger partial charge in [-0.2, -0.15) is 0 Å². The Morgan fingerprint density at radius 3 is 2.48 bits per heavy atom. The first-order valence-electron chi connectivity index (χ1n) is 6.76. The molecule has 21 heavy (non-hydrogen) atoms. The molecule has 3 nitrogen and oxygen atoms in total. The van der Waals surface area contributed by atoms with Crippen molar-refractivity contribution in [2.45, 2.75) is 26.9 Å². The topological polar surface area (TPSA) is 38.3 Å². The average Bonchev–Trinajstić information content (AvgIpc) is 2.46. The first kappa shape index (κ1) is 15.6. The van der Waals surface area contributed by atoms with Crippen LogP contribution in [0.15, 0.2) is 46.9 Å². The lowest BCUT2D eigenvalue weighted by Gasteiger charge is -2.16. The molecule has 1 N–H and O–H groups in total. The lowest BCUT2D eigenvalue weighted by atomic mass is 10.1. The number of rotatable bonds is 4. The van der Waals surface area contributed by atoms with Crippen LogP contribution in [0.1, 0.15) is 18.1 Å². The zero-order chi connectivity index (χ0) is 15.4. The highest BCUT2D eigenvalue weighted by molar-refractivity contribution is 9.10. The van der Waals surface area contributed by atoms with Crippen molar-refractivity contribution in [2.75, 3.05) is 5.32 Å². The van der Waals surface area contributed by atoms with E-state index >= 15 is 0 Å². The molecule has 0 aliphatic rings. The summed E-state index contributed by atoms with van der Waals surface area (Å²) < 4.78 is 6.61. The number of halogens is 1. The molecule has 2 rings (SSSR count). The first-order chi connectivity index (χ1) is 9.97. The van der Waals surface area contributed by atoms with E-state index in [-0.39, 0.29) is 5.91 Å². The van der Waals surface area contributed by atoms with Gasteiger partial charge in [0.1, 0.15) is 5.75 Å². The second-order valence-corrected chi connectivity index (χ2v) is 5.87. The van der Waals surface area contributed by atoms with Crippen molar-refractivity contribution in [3.63, 3.8) is 0 Å². The Labute approximate surface area is 133 Å². The van der Waals surface area contributed by atoms with Crippen LogP contribution >= 0.6 is 15.9 Å². The zero-order valence-corrected chi connectivity index (χ0v) is 13.9. The molecule has 1 atom stereocenters. The van der Waals surface area contributed by atoms with Crippen LogP contribution in [-0.4, -0.2) is 12.0 Å². The van der Waals surface area contributed by atoms with E-state index in [1.165, 1.54) is 0 Å². The van der Waals surface area contributed by atoms with Crippen LogP contribution in [0, 0.1) is 13.8 Å². The standard InChI is InChI=1S/C17H18BrNO2/c1-11-5-4-6-16(12(11)2)19-17(20)13(3)21-15-9-7-14(18)8-10-15/h4-10,13H,1-3H3,(H,19,20). The van der Waals surface area contributed by atoms with Crippen LogP contribution in [0.2, 0.25) is 0 Å². The number of hydrogen-bond donors (Lipinski definition) is 1. The van der Waals surface area contributed by atoms with Gasteiger partial charge in [-0.1, -0.05) is 28.1 Å². The summed E-state index contributed by atoms with van der Waals surface area (Å²) in [5, 5.41) is 2.91. The fraction of sp³-hybridized carbons (Fsp3) is 0.235. The fourth-order valence-electron chi connectivity index (χ4n) is 1.89. The van der Waals surface area contributed by atoms with Crippen molar-refractivity contribution in [1.82, 2.24) is 0 Å². The lowest BCUT2D eigenvalue weighted by Crippen LogP contribution is -2.30. The molecule has 0 heterocycles. The Kier molecular flexibility index (Phi) is 5.02. The molecule has 2 aromatic rings. The van der Waals surface area contributed by atoms with E-state index in [2.05, 4.69) is 21.2 Å². The monoisotopic (exact) mass is 347 g/mol. The van der Waals surface area contributed by atoms with Crippen LogP contribution < -0.4 is 10.1 Å². The molecule has 2 aromatic carbocycles. The summed E-state index contributed by atoms with van der Waals surface area (Å²) in [7, 11) is 0. The predicted octanol–water partition coefficient (Wildman–Crippen LogP) is 4.47. The number of aryl methyl sites for hydroxylation is 1. The maximum atomic E-state index is 12.2. The van der Waals surface area contributed by atoms with Gasteiger partial charge in [0.2, 0.25) is 0 Å². The summed E-state index contributed by atoms with van der Waals surface area (Å²) in [6.07, 6.45) is -0.564. The highest BCUT2D eigenvalue weighted by Crippen LogP contribution is 2.20. The third-order valence-electron chi connectivity index (χ3n) is 3.36. The van der Waals surface area contributed by atoms with Crippen molar-refractivity contribution in [3.8, 4) is 5.75 Å². The van der Waals surface area contributed by atoms with Crippen molar-refractivity contribution in [3.05, 3.63) is 58.1 Å². The molecule has 0 saturated carbocycles. The Bertz CT molecular complexity index is 638. The van der Waals surface area contributed by atoms with Crippen molar-refractivity contribution in [1.29, 1.82) is 0 Å². The second-order valence-electron chi connectivity index (χ2n) is 4.95. The van der Waals surface area contributed by atoms with Crippen LogP contribution in [0.3, 0.4) is 0 Å². The van der Waals surface area contributed by atoms with Gasteiger partial charge in [0.15, 0.2) is 6.10 Å². The maximum Gasteiger partial charge on any atom is 0.265 e. The summed E-state index contributed by atoms with van der Waals surface area (Å²) in [6, 6.07) is 13.3. The van der Waals surface area contributed by atoms with Crippen molar-refractivity contribution in [2.24, 2.45) is 0 Å². The number of anilines is 1. The number of carbonyl (C=O) groups excluding carboxylic acids is 1. The van der Waals surface area contributed by atoms with E-state index in [4.69, 9.17) is 4.74 Å². The van der Waals surface area contributed by atoms with Gasteiger partial charge in [0.05, 0.1) is 0 Å². The van der Waals surface area contributed by atoms with E-state index in [0.717, 1.165) is 21.3 Å². The molecule has 1 amide bonds. The molecular weight excluding hydrogens is 330 g/mol. The normalized spacial score (nSPS) is 11.8. The van der Waals surface area contributed by atoms with Crippen LogP contribution in [-0.2, 0) is 4.79 Å². The third kappa shape index (κ3) is 4.08. The summed E-state index contributed by atoms with van der Waals surface area (Å²) in [4.78, 5) is 12.2. The first-order valence-corrected chi connectivity index (χ1v) is 7.56. The van der Waals surface area contributed by atoms with Crippen molar-refractivity contribution >= 4 is 27.5 Å². The summed E-state index contributed by atoms with van der Waals surface area (Å²) >= 11 is 3.36. The molecule has 0 fully saturated rings. The molecule has 0 aliphatic heterocycles. The van der Waals surface area contributed by atoms with Gasteiger partial charge in [-0.05, 0) is 62.2 Å². The van der Waals surface area contributed by atoms with E-state index in [9.17, 15) is 4.79 Å². The minimum absolute atomic E-state index is 0.161. The van der Waals surface area contributed by atoms with Gasteiger partial charge >= 0.3 is 0 Å². The highest BCUT2D eigenvalue weighted by Gasteiger charge is 2.15. The van der Waals surface area contributed by atoms with Crippen LogP contribution in [0.25, 0.3) is 0 Å². The van der Waals surface area contributed by atoms with Gasteiger partial charge < -0.3 is 10.1 Å². The molecule has 0 bridgehead atoms. The van der Waals surface area contributed by atoms with E-state index in [0.29, 0.717) is 5.75 Å². The minimum atomic E-state index is -0.564. The Balaban J connectivity index is 2.02. The number of benzene rings is 2. The molecule has 0 saturated heterocycles. The molecule has 0 aliphatic carbocycles. The van der Waals surface area contributed by atoms with Gasteiger partial charge in [-0.3, -0.25) is 4.79 Å². The predicted molar refractivity (Wildman–Crippen MR) is 88.8 cm³/mol. The quantitative estimate of drug-likeness (QED) is 0.885. The number of hydrogen-bond acceptors (Lipinski definition) is 2. The van der Waals surface area contributed by atoms with Gasteiger partial charge in [-0.25, -0.2) is 0 Å². The van der Waals surface area contributed by atoms with E-state index < -0.39 is 6.10 Å². The van der Waals surface area contributed by atoms with Gasteiger partial charge in [0.25, 0.3) is 5.91 Å². The Morgan fingerprint density at radius 2 is 1.81 bits per heavy atom. The Morgan fingerprint density at radius 1 is 1.14 bits per heavy atom. The number of amides is 1. The molecule has 4 heteroatoms. The number of carbonyl (C=O) groups is 1. The van der Waals surface area contributed by atoms with Crippen LogP contribution in [0.5, 0.6) is 5.75 Å². The smallest absolute Gasteiger partial charge is 0.265 e. The van der Waals surface area contributed by atoms with Gasteiger partial charge in [0, 0.05) is 10.2 Å². The van der Waals surface area contributed by atoms with E-state index in [1.54, 1.807) is 6.92 Å². The van der Waals surface area contributed by atoms with Crippen LogP contribution in [0.4, 0.5) is 5.69 Å². The number of ether oxygens (including phenoxy) is 1. The molecular formula is C17H18BrNO2. The molecule has 110 valence electrons. The minimum Gasteiger partial charge on any atom is -0.481 e. The summed E-state index contributed by atoms with van der Waals surface area (Å²) in [5.41, 5.74) is 3.04. The highest BCUT2D eigenvalue weighted by atomic mass is 79.9. The lowest BCUT2D eigenvalue weighted by molar-refractivity contribution is -0.122. The third-order valence-corrected chi connectivity index (χ3v) is 3.89. The molecule has 0 radical (unpaired) electrons. The second kappa shape index (κ2) is 6.76. The molecule has 0 aromatic heterocycles. The van der Waals surface area contributed by atoms with Gasteiger partial charge in [-0.15, -0.1) is 0 Å². The number of nitrogens with one attached hydrogen (secondary N) is 1. The Hall–Kier alpha value is -1.81. The van der Waals surface area contributed by atoms with Crippen molar-refractivity contribution < 1.29 is 9.53 Å². The summed E-state index contributed by atoms with van der Waals surface area (Å²) in [5.74, 6) is 0.508. The average molecular weight is 348 g/mol. The SMILES string of the molecule is Cc1cccc(NC(=O)C(C)Oc2ccc(Br)cc2)c1C. The maximum absolute atomic E-state index is 12.2. The summed E-state index contributed by atoms with van der Waals surface area (Å²) in [6.45, 7) is 5.75.